The molecular formula is C19H29FN4O3. The molecular weight excluding hydrogens is 351 g/mol. The van der Waals surface area contributed by atoms with E-state index in [4.69, 9.17) is 10.5 Å². The monoisotopic (exact) mass is 380 g/mol. The molecule has 0 aromatic heterocycles. The molecule has 27 heavy (non-hydrogen) atoms. The molecule has 0 bridgehead atoms. The number of ether oxygens (including phenoxy) is 1. The largest absolute Gasteiger partial charge is 0.444 e. The average molecular weight is 380 g/mol. The molecule has 0 saturated carbocycles. The highest BCUT2D eigenvalue weighted by atomic mass is 19.1. The zero-order chi connectivity index (χ0) is 20.4. The molecule has 2 rings (SSSR count). The third-order valence-electron chi connectivity index (χ3n) is 4.58. The molecule has 1 fully saturated rings. The fraction of sp³-hybridized carbons (Fsp3) is 0.579. The van der Waals surface area contributed by atoms with E-state index in [0.717, 1.165) is 5.56 Å². The van der Waals surface area contributed by atoms with Gasteiger partial charge in [-0.2, -0.15) is 0 Å². The molecule has 3 atom stereocenters. The van der Waals surface area contributed by atoms with Crippen LogP contribution in [0.5, 0.6) is 0 Å². The van der Waals surface area contributed by atoms with E-state index in [1.807, 2.05) is 39.5 Å². The lowest BCUT2D eigenvalue weighted by Gasteiger charge is -2.47. The number of amides is 1. The fourth-order valence-electron chi connectivity index (χ4n) is 3.32. The summed E-state index contributed by atoms with van der Waals surface area (Å²) in [6, 6.07) is 5.20. The molecule has 1 aromatic rings. The highest BCUT2D eigenvalue weighted by Crippen LogP contribution is 2.29. The van der Waals surface area contributed by atoms with Gasteiger partial charge in [0, 0.05) is 25.2 Å². The van der Waals surface area contributed by atoms with Gasteiger partial charge in [-0.25, -0.2) is 9.18 Å². The third kappa shape index (κ3) is 5.09. The van der Waals surface area contributed by atoms with Crippen molar-refractivity contribution < 1.29 is 19.1 Å². The lowest BCUT2D eigenvalue weighted by molar-refractivity contribution is -0.0144. The summed E-state index contributed by atoms with van der Waals surface area (Å²) in [5.74, 6) is -0.334. The summed E-state index contributed by atoms with van der Waals surface area (Å²) in [4.78, 5) is 16.2. The number of nitrogens with zero attached hydrogens (tertiary/aromatic N) is 3. The van der Waals surface area contributed by atoms with Crippen LogP contribution in [0.15, 0.2) is 29.4 Å². The lowest BCUT2D eigenvalue weighted by atomic mass is 9.99. The summed E-state index contributed by atoms with van der Waals surface area (Å²) in [7, 11) is 0. The van der Waals surface area contributed by atoms with Crippen LogP contribution in [0.4, 0.5) is 9.18 Å². The van der Waals surface area contributed by atoms with Crippen LogP contribution in [-0.2, 0) is 4.74 Å². The van der Waals surface area contributed by atoms with Gasteiger partial charge in [-0.05, 0) is 52.3 Å². The van der Waals surface area contributed by atoms with E-state index in [-0.39, 0.29) is 29.8 Å². The van der Waals surface area contributed by atoms with Crippen LogP contribution in [0, 0.1) is 5.82 Å². The second-order valence-electron chi connectivity index (χ2n) is 8.01. The Bertz CT molecular complexity index is 687. The minimum Gasteiger partial charge on any atom is -0.444 e. The van der Waals surface area contributed by atoms with Gasteiger partial charge in [0.15, 0.2) is 5.84 Å². The molecule has 150 valence electrons. The van der Waals surface area contributed by atoms with Crippen molar-refractivity contribution in [3.05, 3.63) is 35.6 Å². The molecule has 1 aliphatic heterocycles. The Labute approximate surface area is 159 Å². The topological polar surface area (TPSA) is 91.4 Å². The van der Waals surface area contributed by atoms with Gasteiger partial charge in [0.1, 0.15) is 11.4 Å². The van der Waals surface area contributed by atoms with Crippen molar-refractivity contribution in [3.8, 4) is 0 Å². The third-order valence-corrected chi connectivity index (χ3v) is 4.58. The molecule has 7 nitrogen and oxygen atoms in total. The molecule has 0 aliphatic carbocycles. The van der Waals surface area contributed by atoms with Crippen LogP contribution in [0.2, 0.25) is 0 Å². The fourth-order valence-corrected chi connectivity index (χ4v) is 3.32. The minimum absolute atomic E-state index is 0.0198. The number of hydrogen-bond acceptors (Lipinski definition) is 5. The minimum atomic E-state index is -0.568. The van der Waals surface area contributed by atoms with E-state index in [0.29, 0.717) is 13.1 Å². The van der Waals surface area contributed by atoms with E-state index in [9.17, 15) is 14.4 Å². The number of carbonyl (C=O) groups is 1. The zero-order valence-corrected chi connectivity index (χ0v) is 16.5. The number of amidine groups is 1. The highest BCUT2D eigenvalue weighted by molar-refractivity contribution is 5.86. The maximum absolute atomic E-state index is 13.3. The predicted molar refractivity (Wildman–Crippen MR) is 101 cm³/mol. The predicted octanol–water partition coefficient (Wildman–Crippen LogP) is 2.94. The van der Waals surface area contributed by atoms with Crippen LogP contribution in [-0.4, -0.2) is 57.7 Å². The SMILES string of the molecule is C[C@@H]1CN(C(=O)OC(C)(C)C)[C@@H](C)CN1C(/C(N)=N\O)c1ccc(F)cc1. The highest BCUT2D eigenvalue weighted by Gasteiger charge is 2.39. The summed E-state index contributed by atoms with van der Waals surface area (Å²) in [5, 5.41) is 12.4. The molecule has 0 radical (unpaired) electrons. The smallest absolute Gasteiger partial charge is 0.410 e. The Hall–Kier alpha value is -2.35. The number of halogens is 1. The van der Waals surface area contributed by atoms with Crippen molar-refractivity contribution >= 4 is 11.9 Å². The van der Waals surface area contributed by atoms with Gasteiger partial charge in [0.2, 0.25) is 0 Å². The van der Waals surface area contributed by atoms with E-state index in [1.54, 1.807) is 17.0 Å². The number of nitrogens with two attached hydrogens (primary N) is 1. The van der Waals surface area contributed by atoms with Gasteiger partial charge in [-0.1, -0.05) is 17.3 Å². The quantitative estimate of drug-likeness (QED) is 0.364. The summed E-state index contributed by atoms with van der Waals surface area (Å²) >= 11 is 0. The Morgan fingerprint density at radius 2 is 1.85 bits per heavy atom. The molecule has 1 amide bonds. The van der Waals surface area contributed by atoms with Crippen molar-refractivity contribution in [3.63, 3.8) is 0 Å². The molecule has 1 saturated heterocycles. The van der Waals surface area contributed by atoms with E-state index in [1.165, 1.54) is 12.1 Å². The van der Waals surface area contributed by atoms with Gasteiger partial charge < -0.3 is 20.6 Å². The molecule has 3 N–H and O–H groups in total. The number of benzene rings is 1. The molecule has 8 heteroatoms. The molecule has 1 aliphatic rings. The van der Waals surface area contributed by atoms with Crippen molar-refractivity contribution in [2.45, 2.75) is 58.3 Å². The van der Waals surface area contributed by atoms with Gasteiger partial charge in [0.05, 0.1) is 6.04 Å². The van der Waals surface area contributed by atoms with Crippen LogP contribution < -0.4 is 5.73 Å². The molecule has 1 unspecified atom stereocenters. The first-order chi connectivity index (χ1) is 12.5. The summed E-state index contributed by atoms with van der Waals surface area (Å²) in [6.45, 7) is 10.3. The Morgan fingerprint density at radius 1 is 1.26 bits per heavy atom. The molecule has 1 heterocycles. The van der Waals surface area contributed by atoms with E-state index in [2.05, 4.69) is 5.16 Å². The number of oxime groups is 1. The second-order valence-corrected chi connectivity index (χ2v) is 8.01. The van der Waals surface area contributed by atoms with E-state index >= 15 is 0 Å². The maximum atomic E-state index is 13.3. The standard InChI is InChI=1S/C19H29FN4O3/c1-12-11-24(18(25)27-19(3,4)5)13(2)10-23(12)16(17(21)22-26)14-6-8-15(20)9-7-14/h6-9,12-13,16,26H,10-11H2,1-5H3,(H2,21,22)/t12-,13+,16?/m1/s1. The molecule has 1 aromatic carbocycles. The number of carbonyl (C=O) groups excluding carboxylic acids is 1. The lowest BCUT2D eigenvalue weighted by Crippen LogP contribution is -2.60. The first-order valence-corrected chi connectivity index (χ1v) is 9.01. The van der Waals surface area contributed by atoms with Gasteiger partial charge in [0.25, 0.3) is 0 Å². The van der Waals surface area contributed by atoms with Crippen LogP contribution in [0.3, 0.4) is 0 Å². The molecule has 0 spiro atoms. The summed E-state index contributed by atoms with van der Waals surface area (Å²) in [6.07, 6.45) is -0.358. The van der Waals surface area contributed by atoms with Crippen molar-refractivity contribution in [2.75, 3.05) is 13.1 Å². The summed E-state index contributed by atoms with van der Waals surface area (Å²) in [5.41, 5.74) is 6.11. The average Bonchev–Trinajstić information content (AvgIpc) is 2.57. The number of piperazine rings is 1. The van der Waals surface area contributed by atoms with E-state index < -0.39 is 11.6 Å². The van der Waals surface area contributed by atoms with Gasteiger partial charge in [-0.3, -0.25) is 4.90 Å². The Morgan fingerprint density at radius 3 is 2.37 bits per heavy atom. The summed E-state index contributed by atoms with van der Waals surface area (Å²) < 4.78 is 18.8. The van der Waals surface area contributed by atoms with Crippen LogP contribution >= 0.6 is 0 Å². The number of hydrogen-bond donors (Lipinski definition) is 2. The zero-order valence-electron chi connectivity index (χ0n) is 16.5. The van der Waals surface area contributed by atoms with Gasteiger partial charge >= 0.3 is 6.09 Å². The van der Waals surface area contributed by atoms with Crippen molar-refractivity contribution in [1.82, 2.24) is 9.80 Å². The van der Waals surface area contributed by atoms with Gasteiger partial charge in [-0.15, -0.1) is 0 Å². The normalized spacial score (nSPS) is 23.2. The van der Waals surface area contributed by atoms with Crippen LogP contribution in [0.25, 0.3) is 0 Å². The first-order valence-electron chi connectivity index (χ1n) is 9.01. The van der Waals surface area contributed by atoms with Crippen LogP contribution in [0.1, 0.15) is 46.2 Å². The Balaban J connectivity index is 2.25. The second kappa shape index (κ2) is 8.12. The number of rotatable bonds is 3. The first kappa shape index (κ1) is 21.0. The van der Waals surface area contributed by atoms with Crippen molar-refractivity contribution in [1.29, 1.82) is 0 Å². The maximum Gasteiger partial charge on any atom is 0.410 e. The van der Waals surface area contributed by atoms with Crippen molar-refractivity contribution in [2.24, 2.45) is 10.9 Å². The Kier molecular flexibility index (Phi) is 6.30.